The zero-order chi connectivity index (χ0) is 21.8. The number of ether oxygens (including phenoxy) is 1. The molecule has 3 aromatic rings. The van der Waals surface area contributed by atoms with Crippen molar-refractivity contribution in [2.75, 3.05) is 39.8 Å². The van der Waals surface area contributed by atoms with Crippen LogP contribution in [0.4, 0.5) is 0 Å². The molecule has 3 heterocycles. The van der Waals surface area contributed by atoms with E-state index >= 15 is 0 Å². The van der Waals surface area contributed by atoms with Gasteiger partial charge < -0.3 is 19.4 Å². The summed E-state index contributed by atoms with van der Waals surface area (Å²) in [6.07, 6.45) is 4.01. The number of benzene rings is 1. The molecule has 1 saturated heterocycles. The molecule has 1 aromatic carbocycles. The van der Waals surface area contributed by atoms with E-state index in [1.54, 1.807) is 6.07 Å². The minimum atomic E-state index is -0.0744. The van der Waals surface area contributed by atoms with Gasteiger partial charge in [-0.15, -0.1) is 0 Å². The Balaban J connectivity index is 1.31. The molecule has 164 valence electrons. The van der Waals surface area contributed by atoms with Crippen LogP contribution in [0, 0.1) is 6.92 Å². The van der Waals surface area contributed by atoms with Gasteiger partial charge in [0.15, 0.2) is 0 Å². The number of nitrogens with one attached hydrogen (secondary N) is 1. The summed E-state index contributed by atoms with van der Waals surface area (Å²) in [4.78, 5) is 22.0. The quantitative estimate of drug-likeness (QED) is 0.635. The molecule has 0 spiro atoms. The Morgan fingerprint density at radius 2 is 1.97 bits per heavy atom. The van der Waals surface area contributed by atoms with Crippen molar-refractivity contribution in [1.82, 2.24) is 24.5 Å². The number of carbonyl (C=O) groups excluding carboxylic acids is 1. The fourth-order valence-corrected chi connectivity index (χ4v) is 3.84. The number of piperazine rings is 1. The molecule has 2 aromatic heterocycles. The van der Waals surface area contributed by atoms with Crippen molar-refractivity contribution in [3.05, 3.63) is 65.6 Å². The summed E-state index contributed by atoms with van der Waals surface area (Å²) >= 11 is 0. The lowest BCUT2D eigenvalue weighted by Crippen LogP contribution is -2.51. The van der Waals surface area contributed by atoms with Gasteiger partial charge in [0.25, 0.3) is 5.91 Å². The molecule has 1 N–H and O–H groups in total. The van der Waals surface area contributed by atoms with Crippen LogP contribution < -0.4 is 10.1 Å². The lowest BCUT2D eigenvalue weighted by molar-refractivity contribution is 0.0903. The molecule has 1 aliphatic rings. The number of likely N-dealkylation sites (N-methyl/N-ethyl adjacent to an activating group) is 1. The van der Waals surface area contributed by atoms with Gasteiger partial charge in [0.05, 0.1) is 5.69 Å². The van der Waals surface area contributed by atoms with Crippen molar-refractivity contribution in [2.45, 2.75) is 26.5 Å². The fraction of sp³-hybridized carbons (Fsp3) is 0.417. The largest absolute Gasteiger partial charge is 0.487 e. The summed E-state index contributed by atoms with van der Waals surface area (Å²) < 4.78 is 7.90. The first-order valence-electron chi connectivity index (χ1n) is 10.9. The number of imidazole rings is 1. The maximum Gasteiger partial charge on any atom is 0.251 e. The molecule has 7 nitrogen and oxygen atoms in total. The van der Waals surface area contributed by atoms with Gasteiger partial charge >= 0.3 is 0 Å². The van der Waals surface area contributed by atoms with Gasteiger partial charge in [0, 0.05) is 56.7 Å². The van der Waals surface area contributed by atoms with Gasteiger partial charge in [-0.05, 0) is 50.7 Å². The van der Waals surface area contributed by atoms with Gasteiger partial charge in [-0.25, -0.2) is 4.98 Å². The van der Waals surface area contributed by atoms with Crippen molar-refractivity contribution in [1.29, 1.82) is 0 Å². The minimum Gasteiger partial charge on any atom is -0.487 e. The maximum atomic E-state index is 12.7. The van der Waals surface area contributed by atoms with E-state index in [1.807, 2.05) is 47.1 Å². The minimum absolute atomic E-state index is 0.0744. The lowest BCUT2D eigenvalue weighted by atomic mass is 10.2. The van der Waals surface area contributed by atoms with E-state index in [1.165, 1.54) is 5.56 Å². The van der Waals surface area contributed by atoms with Crippen molar-refractivity contribution >= 4 is 11.6 Å². The van der Waals surface area contributed by atoms with Crippen molar-refractivity contribution < 1.29 is 9.53 Å². The number of aromatic nitrogens is 2. The number of rotatable bonds is 7. The van der Waals surface area contributed by atoms with Crippen LogP contribution in [0.5, 0.6) is 5.75 Å². The number of nitrogens with zero attached hydrogens (tertiary/aromatic N) is 4. The zero-order valence-corrected chi connectivity index (χ0v) is 18.5. The topological polar surface area (TPSA) is 62.1 Å². The van der Waals surface area contributed by atoms with Gasteiger partial charge in [-0.3, -0.25) is 9.69 Å². The standard InChI is InChI=1S/C24H31N5O2/c1-18-7-8-23-26-21(16-29(23)15-18)17-31-22-6-4-5-20(13-22)24(30)25-14-19(2)28-11-9-27(3)10-12-28/h4-8,13,15-16,19H,9-12,14,17H2,1-3H3,(H,25,30). The highest BCUT2D eigenvalue weighted by molar-refractivity contribution is 5.94. The molecule has 4 rings (SSSR count). The third kappa shape index (κ3) is 5.42. The molecule has 31 heavy (non-hydrogen) atoms. The molecule has 0 bridgehead atoms. The molecule has 7 heteroatoms. The fourth-order valence-electron chi connectivity index (χ4n) is 3.84. The van der Waals surface area contributed by atoms with E-state index in [0.29, 0.717) is 30.5 Å². The number of fused-ring (bicyclic) bond motifs is 1. The van der Waals surface area contributed by atoms with Crippen molar-refractivity contribution in [2.24, 2.45) is 0 Å². The number of carbonyl (C=O) groups is 1. The van der Waals surface area contributed by atoms with Crippen LogP contribution in [0.2, 0.25) is 0 Å². The molecule has 1 aliphatic heterocycles. The first-order valence-corrected chi connectivity index (χ1v) is 10.9. The molecular weight excluding hydrogens is 390 g/mol. The van der Waals surface area contributed by atoms with E-state index < -0.39 is 0 Å². The Bertz CT molecular complexity index is 1040. The summed E-state index contributed by atoms with van der Waals surface area (Å²) in [5, 5.41) is 3.07. The number of amides is 1. The van der Waals surface area contributed by atoms with Crippen LogP contribution >= 0.6 is 0 Å². The van der Waals surface area contributed by atoms with E-state index in [4.69, 9.17) is 4.74 Å². The highest BCUT2D eigenvalue weighted by Gasteiger charge is 2.19. The van der Waals surface area contributed by atoms with Gasteiger partial charge in [0.1, 0.15) is 18.0 Å². The first-order chi connectivity index (χ1) is 15.0. The average molecular weight is 422 g/mol. The maximum absolute atomic E-state index is 12.7. The van der Waals surface area contributed by atoms with Gasteiger partial charge in [-0.1, -0.05) is 12.1 Å². The second-order valence-electron chi connectivity index (χ2n) is 8.42. The summed E-state index contributed by atoms with van der Waals surface area (Å²) in [5.74, 6) is 0.586. The Labute approximate surface area is 183 Å². The molecular formula is C24H31N5O2. The third-order valence-corrected chi connectivity index (χ3v) is 5.85. The number of hydrogen-bond donors (Lipinski definition) is 1. The van der Waals surface area contributed by atoms with Crippen LogP contribution in [0.15, 0.2) is 48.8 Å². The highest BCUT2D eigenvalue weighted by atomic mass is 16.5. The Morgan fingerprint density at radius 1 is 1.16 bits per heavy atom. The van der Waals surface area contributed by atoms with Crippen LogP contribution in [0.3, 0.4) is 0 Å². The van der Waals surface area contributed by atoms with E-state index in [-0.39, 0.29) is 5.91 Å². The van der Waals surface area contributed by atoms with Crippen molar-refractivity contribution in [3.8, 4) is 5.75 Å². The summed E-state index contributed by atoms with van der Waals surface area (Å²) in [6, 6.07) is 11.7. The average Bonchev–Trinajstić information content (AvgIpc) is 3.18. The summed E-state index contributed by atoms with van der Waals surface area (Å²) in [6.45, 7) is 9.44. The van der Waals surface area contributed by atoms with E-state index in [2.05, 4.69) is 41.0 Å². The zero-order valence-electron chi connectivity index (χ0n) is 18.5. The van der Waals surface area contributed by atoms with E-state index in [0.717, 1.165) is 37.5 Å². The smallest absolute Gasteiger partial charge is 0.251 e. The summed E-state index contributed by atoms with van der Waals surface area (Å²) in [7, 11) is 2.15. The third-order valence-electron chi connectivity index (χ3n) is 5.85. The number of hydrogen-bond acceptors (Lipinski definition) is 5. The molecule has 0 aliphatic carbocycles. The molecule has 1 atom stereocenters. The monoisotopic (exact) mass is 421 g/mol. The Morgan fingerprint density at radius 3 is 2.77 bits per heavy atom. The van der Waals surface area contributed by atoms with Crippen LogP contribution in [-0.4, -0.2) is 70.9 Å². The lowest BCUT2D eigenvalue weighted by Gasteiger charge is -2.36. The number of aryl methyl sites for hydroxylation is 1. The molecule has 1 fully saturated rings. The molecule has 1 amide bonds. The predicted octanol–water partition coefficient (Wildman–Crippen LogP) is 2.59. The van der Waals surface area contributed by atoms with Crippen LogP contribution in [-0.2, 0) is 6.61 Å². The van der Waals surface area contributed by atoms with Crippen LogP contribution in [0.1, 0.15) is 28.5 Å². The molecule has 0 radical (unpaired) electrons. The Hall–Kier alpha value is -2.90. The van der Waals surface area contributed by atoms with Crippen LogP contribution in [0.25, 0.3) is 5.65 Å². The molecule has 0 saturated carbocycles. The van der Waals surface area contributed by atoms with Gasteiger partial charge in [-0.2, -0.15) is 0 Å². The van der Waals surface area contributed by atoms with E-state index in [9.17, 15) is 4.79 Å². The normalized spacial score (nSPS) is 16.4. The SMILES string of the molecule is Cc1ccc2nc(COc3cccc(C(=O)NCC(C)N4CCN(C)CC4)c3)cn2c1. The van der Waals surface area contributed by atoms with Crippen molar-refractivity contribution in [3.63, 3.8) is 0 Å². The highest BCUT2D eigenvalue weighted by Crippen LogP contribution is 2.16. The number of pyridine rings is 1. The second kappa shape index (κ2) is 9.49. The Kier molecular flexibility index (Phi) is 6.53. The molecule has 1 unspecified atom stereocenters. The summed E-state index contributed by atoms with van der Waals surface area (Å²) in [5.41, 5.74) is 3.53. The predicted molar refractivity (Wildman–Crippen MR) is 122 cm³/mol. The second-order valence-corrected chi connectivity index (χ2v) is 8.42. The van der Waals surface area contributed by atoms with Gasteiger partial charge in [0.2, 0.25) is 0 Å². The first kappa shape index (κ1) is 21.3.